The van der Waals surface area contributed by atoms with Crippen LogP contribution >= 0.6 is 24.0 Å². The minimum Gasteiger partial charge on any atom is -0.494 e. The van der Waals surface area contributed by atoms with Gasteiger partial charge in [-0.25, -0.2) is 0 Å². The average Bonchev–Trinajstić information content (AvgIpc) is 2.69. The lowest BCUT2D eigenvalue weighted by atomic mass is 10.1. The lowest BCUT2D eigenvalue weighted by Gasteiger charge is -2.15. The van der Waals surface area contributed by atoms with Gasteiger partial charge in [-0.1, -0.05) is 36.4 Å². The molecule has 0 aliphatic heterocycles. The Morgan fingerprint density at radius 2 is 1.79 bits per heavy atom. The van der Waals surface area contributed by atoms with Crippen molar-refractivity contribution in [1.82, 2.24) is 15.6 Å². The van der Waals surface area contributed by atoms with Crippen molar-refractivity contribution in [2.24, 2.45) is 4.99 Å². The molecule has 0 spiro atoms. The number of aryl methyl sites for hydroxylation is 1. The Morgan fingerprint density at radius 1 is 1.04 bits per heavy atom. The van der Waals surface area contributed by atoms with Crippen LogP contribution in [-0.2, 0) is 13.1 Å². The molecular formula is C22H27IN4O. The fourth-order valence-corrected chi connectivity index (χ4v) is 2.99. The van der Waals surface area contributed by atoms with E-state index in [4.69, 9.17) is 4.74 Å². The van der Waals surface area contributed by atoms with Crippen LogP contribution in [-0.4, -0.2) is 24.6 Å². The number of hydrogen-bond acceptors (Lipinski definition) is 3. The highest BCUT2D eigenvalue weighted by Crippen LogP contribution is 2.20. The van der Waals surface area contributed by atoms with Gasteiger partial charge < -0.3 is 15.4 Å². The Balaban J connectivity index is 0.00000280. The van der Waals surface area contributed by atoms with E-state index in [-0.39, 0.29) is 24.0 Å². The summed E-state index contributed by atoms with van der Waals surface area (Å²) >= 11 is 0. The van der Waals surface area contributed by atoms with Gasteiger partial charge in [0.25, 0.3) is 0 Å². The number of pyridine rings is 1. The van der Waals surface area contributed by atoms with E-state index in [0.717, 1.165) is 33.7 Å². The first-order valence-electron chi connectivity index (χ1n) is 9.20. The Labute approximate surface area is 183 Å². The van der Waals surface area contributed by atoms with Crippen molar-refractivity contribution in [3.8, 4) is 5.75 Å². The fraction of sp³-hybridized carbons (Fsp3) is 0.273. The number of ether oxygens (including phenoxy) is 1. The maximum absolute atomic E-state index is 5.75. The van der Waals surface area contributed by atoms with Gasteiger partial charge in [-0.05, 0) is 37.1 Å². The van der Waals surface area contributed by atoms with Crippen LogP contribution in [0.3, 0.4) is 0 Å². The summed E-state index contributed by atoms with van der Waals surface area (Å²) in [6, 6.07) is 16.5. The summed E-state index contributed by atoms with van der Waals surface area (Å²) in [4.78, 5) is 8.83. The van der Waals surface area contributed by atoms with Crippen molar-refractivity contribution in [3.05, 3.63) is 71.4 Å². The topological polar surface area (TPSA) is 58.5 Å². The van der Waals surface area contributed by atoms with Crippen molar-refractivity contribution in [2.75, 3.05) is 13.7 Å². The van der Waals surface area contributed by atoms with Crippen molar-refractivity contribution >= 4 is 40.8 Å². The molecule has 0 atom stereocenters. The van der Waals surface area contributed by atoms with E-state index in [1.165, 1.54) is 5.56 Å². The lowest BCUT2D eigenvalue weighted by molar-refractivity contribution is 0.336. The molecule has 3 aromatic rings. The molecule has 148 valence electrons. The molecule has 0 bridgehead atoms. The molecule has 0 saturated heterocycles. The Hall–Kier alpha value is -2.35. The van der Waals surface area contributed by atoms with Gasteiger partial charge in [0.1, 0.15) is 5.75 Å². The van der Waals surface area contributed by atoms with E-state index in [1.54, 1.807) is 7.05 Å². The van der Waals surface area contributed by atoms with Crippen LogP contribution in [0.2, 0.25) is 0 Å². The zero-order valence-electron chi connectivity index (χ0n) is 16.5. The van der Waals surface area contributed by atoms with Gasteiger partial charge in [-0.15, -0.1) is 24.0 Å². The Morgan fingerprint density at radius 3 is 2.54 bits per heavy atom. The number of nitrogens with one attached hydrogen (secondary N) is 2. The van der Waals surface area contributed by atoms with Gasteiger partial charge in [-0.2, -0.15) is 0 Å². The number of aliphatic imine (C=N–C) groups is 1. The first-order valence-corrected chi connectivity index (χ1v) is 9.20. The van der Waals surface area contributed by atoms with Crippen molar-refractivity contribution in [2.45, 2.75) is 26.9 Å². The van der Waals surface area contributed by atoms with Crippen molar-refractivity contribution in [1.29, 1.82) is 0 Å². The minimum atomic E-state index is 0. The third kappa shape index (κ3) is 5.58. The predicted molar refractivity (Wildman–Crippen MR) is 127 cm³/mol. The highest BCUT2D eigenvalue weighted by molar-refractivity contribution is 14.0. The smallest absolute Gasteiger partial charge is 0.191 e. The summed E-state index contributed by atoms with van der Waals surface area (Å²) in [6.07, 6.45) is 1.82. The number of benzene rings is 2. The minimum absolute atomic E-state index is 0. The van der Waals surface area contributed by atoms with Crippen molar-refractivity contribution in [3.63, 3.8) is 0 Å². The summed E-state index contributed by atoms with van der Waals surface area (Å²) in [6.45, 7) is 6.01. The number of hydrogen-bond donors (Lipinski definition) is 2. The largest absolute Gasteiger partial charge is 0.494 e. The molecule has 5 nitrogen and oxygen atoms in total. The van der Waals surface area contributed by atoms with Crippen LogP contribution in [0.1, 0.15) is 23.6 Å². The molecule has 0 radical (unpaired) electrons. The Bertz CT molecular complexity index is 937. The molecule has 0 unspecified atom stereocenters. The molecule has 0 aliphatic rings. The molecule has 2 N–H and O–H groups in total. The maximum Gasteiger partial charge on any atom is 0.191 e. The molecule has 1 aromatic heterocycles. The predicted octanol–water partition coefficient (Wildman–Crippen LogP) is 4.43. The summed E-state index contributed by atoms with van der Waals surface area (Å²) in [5.41, 5.74) is 4.45. The number of nitrogens with zero attached hydrogens (tertiary/aromatic N) is 2. The van der Waals surface area contributed by atoms with Crippen LogP contribution in [0, 0.1) is 6.92 Å². The monoisotopic (exact) mass is 490 g/mol. The number of para-hydroxylation sites is 1. The van der Waals surface area contributed by atoms with E-state index < -0.39 is 0 Å². The highest BCUT2D eigenvalue weighted by atomic mass is 127. The van der Waals surface area contributed by atoms with Crippen LogP contribution in [0.4, 0.5) is 0 Å². The van der Waals surface area contributed by atoms with Crippen LogP contribution in [0.25, 0.3) is 10.9 Å². The molecule has 0 amide bonds. The fourth-order valence-electron chi connectivity index (χ4n) is 2.99. The lowest BCUT2D eigenvalue weighted by Crippen LogP contribution is -2.36. The summed E-state index contributed by atoms with van der Waals surface area (Å²) in [5, 5.41) is 7.87. The molecule has 0 fully saturated rings. The van der Waals surface area contributed by atoms with E-state index >= 15 is 0 Å². The molecule has 2 aromatic carbocycles. The summed E-state index contributed by atoms with van der Waals surface area (Å²) < 4.78 is 5.75. The molecule has 0 aliphatic carbocycles. The summed E-state index contributed by atoms with van der Waals surface area (Å²) in [5.74, 6) is 1.66. The molecule has 3 rings (SSSR count). The first-order chi connectivity index (χ1) is 13.2. The van der Waals surface area contributed by atoms with Gasteiger partial charge in [0.05, 0.1) is 12.1 Å². The summed E-state index contributed by atoms with van der Waals surface area (Å²) in [7, 11) is 1.77. The SMILES string of the molecule is CCOc1cc(C)ccc1CNC(=NC)NCc1cccc2cccnc12.I. The number of halogens is 1. The van der Waals surface area contributed by atoms with E-state index in [2.05, 4.69) is 70.0 Å². The number of rotatable bonds is 6. The first kappa shape index (κ1) is 21.9. The third-order valence-corrected chi connectivity index (χ3v) is 4.35. The number of guanidine groups is 1. The number of fused-ring (bicyclic) bond motifs is 1. The third-order valence-electron chi connectivity index (χ3n) is 4.35. The second kappa shape index (κ2) is 10.8. The standard InChI is InChI=1S/C22H26N4O.HI/c1-4-27-20-13-16(2)10-11-18(20)14-25-22(23-3)26-15-19-8-5-7-17-9-6-12-24-21(17)19;/h5-13H,4,14-15H2,1-3H3,(H2,23,25,26);1H. The highest BCUT2D eigenvalue weighted by Gasteiger charge is 2.07. The van der Waals surface area contributed by atoms with E-state index in [1.807, 2.05) is 19.2 Å². The quantitative estimate of drug-likeness (QED) is 0.305. The van der Waals surface area contributed by atoms with Gasteiger partial charge in [0, 0.05) is 37.3 Å². The maximum atomic E-state index is 5.75. The zero-order chi connectivity index (χ0) is 19.1. The molecule has 6 heteroatoms. The zero-order valence-corrected chi connectivity index (χ0v) is 18.9. The number of aromatic nitrogens is 1. The van der Waals surface area contributed by atoms with Gasteiger partial charge in [0.15, 0.2) is 5.96 Å². The van der Waals surface area contributed by atoms with Crippen LogP contribution < -0.4 is 15.4 Å². The Kier molecular flexibility index (Phi) is 8.50. The van der Waals surface area contributed by atoms with E-state index in [0.29, 0.717) is 19.7 Å². The van der Waals surface area contributed by atoms with E-state index in [9.17, 15) is 0 Å². The van der Waals surface area contributed by atoms with Crippen LogP contribution in [0.5, 0.6) is 5.75 Å². The molecule has 0 saturated carbocycles. The average molecular weight is 490 g/mol. The van der Waals surface area contributed by atoms with Crippen LogP contribution in [0.15, 0.2) is 59.7 Å². The second-order valence-corrected chi connectivity index (χ2v) is 6.32. The molecule has 1 heterocycles. The van der Waals surface area contributed by atoms with Gasteiger partial charge in [0.2, 0.25) is 0 Å². The molecular weight excluding hydrogens is 463 g/mol. The molecule has 28 heavy (non-hydrogen) atoms. The van der Waals surface area contributed by atoms with Gasteiger partial charge in [-0.3, -0.25) is 9.98 Å². The van der Waals surface area contributed by atoms with Crippen molar-refractivity contribution < 1.29 is 4.74 Å². The van der Waals surface area contributed by atoms with Gasteiger partial charge >= 0.3 is 0 Å². The second-order valence-electron chi connectivity index (χ2n) is 6.32. The normalized spacial score (nSPS) is 11.0.